The lowest BCUT2D eigenvalue weighted by molar-refractivity contribution is -0.0298. The van der Waals surface area contributed by atoms with Gasteiger partial charge >= 0.3 is 0 Å². The number of halogens is 1. The van der Waals surface area contributed by atoms with E-state index in [1.165, 1.54) is 0 Å². The minimum Gasteiger partial charge on any atom is -0.497 e. The average molecular weight is 316 g/mol. The molecule has 22 heavy (non-hydrogen) atoms. The molecule has 0 bridgehead atoms. The zero-order valence-electron chi connectivity index (χ0n) is 12.0. The number of nitrogens with zero attached hydrogens (tertiary/aromatic N) is 1. The molecule has 2 unspecified atom stereocenters. The van der Waals surface area contributed by atoms with Crippen LogP contribution in [-0.4, -0.2) is 12.9 Å². The Hall–Kier alpha value is -2.38. The van der Waals surface area contributed by atoms with E-state index in [0.717, 1.165) is 5.75 Å². The van der Waals surface area contributed by atoms with Gasteiger partial charge in [-0.05, 0) is 48.5 Å². The smallest absolute Gasteiger partial charge is 0.268 e. The van der Waals surface area contributed by atoms with Gasteiger partial charge in [-0.3, -0.25) is 0 Å². The number of rotatable bonds is 5. The molecule has 1 fully saturated rings. The van der Waals surface area contributed by atoms with Crippen LogP contribution >= 0.6 is 11.6 Å². The molecule has 0 radical (unpaired) electrons. The summed E-state index contributed by atoms with van der Waals surface area (Å²) in [6.45, 7) is 0. The van der Waals surface area contributed by atoms with E-state index >= 15 is 0 Å². The van der Waals surface area contributed by atoms with Gasteiger partial charge in [0.15, 0.2) is 0 Å². The van der Waals surface area contributed by atoms with Crippen LogP contribution in [0.2, 0.25) is 5.02 Å². The summed E-state index contributed by atoms with van der Waals surface area (Å²) in [5.74, 6) is 0.762. The fourth-order valence-electron chi connectivity index (χ4n) is 2.16. The molecule has 1 saturated carbocycles. The highest BCUT2D eigenvalue weighted by molar-refractivity contribution is 6.30. The van der Waals surface area contributed by atoms with E-state index in [4.69, 9.17) is 25.8 Å². The molecule has 0 N–H and O–H groups in total. The molecule has 1 aliphatic rings. The minimum absolute atomic E-state index is 0.301. The zero-order valence-corrected chi connectivity index (χ0v) is 12.7. The Labute approximate surface area is 133 Å². The molecule has 0 saturated heterocycles. The van der Waals surface area contributed by atoms with Crippen LogP contribution in [0.1, 0.15) is 6.42 Å². The molecule has 4 nitrogen and oxygen atoms in total. The first-order valence-electron chi connectivity index (χ1n) is 6.82. The number of benzene rings is 2. The molecule has 2 aromatic rings. The van der Waals surface area contributed by atoms with Crippen LogP contribution in [0.5, 0.6) is 17.2 Å². The van der Waals surface area contributed by atoms with Gasteiger partial charge in [-0.1, -0.05) is 11.6 Å². The van der Waals surface area contributed by atoms with Crippen molar-refractivity contribution in [2.24, 2.45) is 5.92 Å². The summed E-state index contributed by atoms with van der Waals surface area (Å²) in [7, 11) is 1.60. The topological polar surface area (TPSA) is 51.5 Å². The molecule has 2 atom stereocenters. The number of nitriles is 1. The Balaban J connectivity index is 1.77. The first kappa shape index (κ1) is 14.6. The Morgan fingerprint density at radius 1 is 1.00 bits per heavy atom. The van der Waals surface area contributed by atoms with E-state index < -0.39 is 5.79 Å². The number of methoxy groups -OCH3 is 1. The van der Waals surface area contributed by atoms with Crippen LogP contribution < -0.4 is 14.2 Å². The number of ether oxygens (including phenoxy) is 3. The Morgan fingerprint density at radius 2 is 1.50 bits per heavy atom. The van der Waals surface area contributed by atoms with Crippen molar-refractivity contribution in [3.8, 4) is 23.3 Å². The van der Waals surface area contributed by atoms with Crippen molar-refractivity contribution in [3.63, 3.8) is 0 Å². The lowest BCUT2D eigenvalue weighted by Gasteiger charge is -2.20. The van der Waals surface area contributed by atoms with Gasteiger partial charge in [0.05, 0.1) is 13.2 Å². The maximum absolute atomic E-state index is 9.17. The Bertz CT molecular complexity index is 693. The molecule has 2 aromatic carbocycles. The zero-order chi connectivity index (χ0) is 15.6. The molecule has 112 valence electrons. The summed E-state index contributed by atoms with van der Waals surface area (Å²) in [6, 6.07) is 16.4. The second kappa shape index (κ2) is 5.78. The summed E-state index contributed by atoms with van der Waals surface area (Å²) in [6.07, 6.45) is 0.526. The quantitative estimate of drug-likeness (QED) is 0.781. The predicted octanol–water partition coefficient (Wildman–Crippen LogP) is 4.05. The van der Waals surface area contributed by atoms with Crippen molar-refractivity contribution in [2.45, 2.75) is 12.2 Å². The summed E-state index contributed by atoms with van der Waals surface area (Å²) < 4.78 is 16.9. The van der Waals surface area contributed by atoms with E-state index in [1.807, 2.05) is 0 Å². The lowest BCUT2D eigenvalue weighted by Crippen LogP contribution is -2.28. The van der Waals surface area contributed by atoms with Crippen molar-refractivity contribution in [3.05, 3.63) is 53.6 Å². The van der Waals surface area contributed by atoms with Crippen LogP contribution in [0.3, 0.4) is 0 Å². The Kier molecular flexibility index (Phi) is 3.82. The van der Waals surface area contributed by atoms with E-state index in [1.54, 1.807) is 55.6 Å². The highest BCUT2D eigenvalue weighted by Gasteiger charge is 2.61. The van der Waals surface area contributed by atoms with Crippen LogP contribution in [-0.2, 0) is 0 Å². The van der Waals surface area contributed by atoms with Gasteiger partial charge in [-0.25, -0.2) is 0 Å². The summed E-state index contributed by atoms with van der Waals surface area (Å²) in [5.41, 5.74) is 0. The fourth-order valence-corrected chi connectivity index (χ4v) is 2.29. The maximum atomic E-state index is 9.17. The fraction of sp³-hybridized carbons (Fsp3) is 0.235. The highest BCUT2D eigenvalue weighted by atomic mass is 35.5. The minimum atomic E-state index is -0.933. The summed E-state index contributed by atoms with van der Waals surface area (Å²) in [5, 5.41) is 9.80. The molecule has 1 aliphatic carbocycles. The van der Waals surface area contributed by atoms with Gasteiger partial charge in [-0.2, -0.15) is 5.26 Å². The molecule has 0 aromatic heterocycles. The first-order chi connectivity index (χ1) is 10.6. The van der Waals surface area contributed by atoms with Gasteiger partial charge in [0.1, 0.15) is 23.2 Å². The van der Waals surface area contributed by atoms with Crippen molar-refractivity contribution in [1.82, 2.24) is 0 Å². The first-order valence-corrected chi connectivity index (χ1v) is 7.20. The van der Waals surface area contributed by atoms with Gasteiger partial charge in [0.2, 0.25) is 0 Å². The summed E-state index contributed by atoms with van der Waals surface area (Å²) >= 11 is 5.86. The predicted molar refractivity (Wildman–Crippen MR) is 82.2 cm³/mol. The molecule has 0 amide bonds. The number of hydrogen-bond acceptors (Lipinski definition) is 4. The van der Waals surface area contributed by atoms with E-state index in [9.17, 15) is 5.26 Å². The molecule has 0 aliphatic heterocycles. The third-order valence-electron chi connectivity index (χ3n) is 3.47. The Morgan fingerprint density at radius 3 is 1.95 bits per heavy atom. The van der Waals surface area contributed by atoms with E-state index in [2.05, 4.69) is 6.07 Å². The number of hydrogen-bond donors (Lipinski definition) is 0. The molecular weight excluding hydrogens is 302 g/mol. The third kappa shape index (κ3) is 2.95. The van der Waals surface area contributed by atoms with Gasteiger partial charge in [0, 0.05) is 11.4 Å². The summed E-state index contributed by atoms with van der Waals surface area (Å²) in [4.78, 5) is 0. The van der Waals surface area contributed by atoms with Gasteiger partial charge < -0.3 is 14.2 Å². The molecule has 3 rings (SSSR count). The second-order valence-electron chi connectivity index (χ2n) is 5.03. The molecule has 0 spiro atoms. The van der Waals surface area contributed by atoms with Crippen molar-refractivity contribution in [1.29, 1.82) is 5.26 Å². The largest absolute Gasteiger partial charge is 0.497 e. The highest BCUT2D eigenvalue weighted by Crippen LogP contribution is 2.48. The normalized spacial score (nSPS) is 22.5. The molecule has 0 heterocycles. The maximum Gasteiger partial charge on any atom is 0.268 e. The monoisotopic (exact) mass is 315 g/mol. The standard InChI is InChI=1S/C17H14ClNO3/c1-20-14-6-8-16(9-7-14)22-17(10-12(17)11-19)21-15-4-2-13(18)3-5-15/h2-9,12H,10H2,1H3. The van der Waals surface area contributed by atoms with Crippen LogP contribution in [0, 0.1) is 17.2 Å². The van der Waals surface area contributed by atoms with E-state index in [0.29, 0.717) is 22.9 Å². The second-order valence-corrected chi connectivity index (χ2v) is 5.47. The van der Waals surface area contributed by atoms with Crippen molar-refractivity contribution < 1.29 is 14.2 Å². The van der Waals surface area contributed by atoms with Crippen LogP contribution in [0.25, 0.3) is 0 Å². The SMILES string of the molecule is COc1ccc(OC2(Oc3ccc(Cl)cc3)CC2C#N)cc1. The van der Waals surface area contributed by atoms with Crippen LogP contribution in [0.4, 0.5) is 0 Å². The molecule has 5 heteroatoms. The third-order valence-corrected chi connectivity index (χ3v) is 3.72. The van der Waals surface area contributed by atoms with Gasteiger partial charge in [-0.15, -0.1) is 0 Å². The average Bonchev–Trinajstić information content (AvgIpc) is 3.23. The molecular formula is C17H14ClNO3. The van der Waals surface area contributed by atoms with Crippen molar-refractivity contribution in [2.75, 3.05) is 7.11 Å². The lowest BCUT2D eigenvalue weighted by atomic mass is 10.3. The van der Waals surface area contributed by atoms with Gasteiger partial charge in [0.25, 0.3) is 5.79 Å². The van der Waals surface area contributed by atoms with E-state index in [-0.39, 0.29) is 5.92 Å². The van der Waals surface area contributed by atoms with Crippen LogP contribution in [0.15, 0.2) is 48.5 Å². The van der Waals surface area contributed by atoms with Crippen molar-refractivity contribution >= 4 is 11.6 Å².